The van der Waals surface area contributed by atoms with Gasteiger partial charge in [0.15, 0.2) is 0 Å². The summed E-state index contributed by atoms with van der Waals surface area (Å²) in [6.07, 6.45) is -0.591. The normalized spacial score (nSPS) is 12.4. The van der Waals surface area contributed by atoms with Crippen LogP contribution in [-0.2, 0) is 6.54 Å². The lowest BCUT2D eigenvalue weighted by molar-refractivity contribution is 0.0543. The number of nitrogens with zero attached hydrogens (tertiary/aromatic N) is 1. The summed E-state index contributed by atoms with van der Waals surface area (Å²) in [6, 6.07) is 15.4. The Morgan fingerprint density at radius 3 is 2.28 bits per heavy atom. The maximum Gasteiger partial charge on any atom is 0.119 e. The van der Waals surface area contributed by atoms with Gasteiger partial charge < -0.3 is 14.6 Å². The van der Waals surface area contributed by atoms with Crippen LogP contribution in [0.15, 0.2) is 48.5 Å². The molecule has 0 saturated carbocycles. The Morgan fingerprint density at radius 1 is 1.04 bits per heavy atom. The highest BCUT2D eigenvalue weighted by atomic mass is 35.5. The van der Waals surface area contributed by atoms with Crippen molar-refractivity contribution in [3.8, 4) is 11.5 Å². The largest absolute Gasteiger partial charge is 0.497 e. The van der Waals surface area contributed by atoms with Gasteiger partial charge in [-0.1, -0.05) is 29.8 Å². The SMILES string of the molecule is COc1ccc(OC[C@@H](O)CN(Cc2ccccc2Cl)C(C)C)cc1. The van der Waals surface area contributed by atoms with Gasteiger partial charge in [0.2, 0.25) is 0 Å². The van der Waals surface area contributed by atoms with Crippen molar-refractivity contribution in [1.82, 2.24) is 4.90 Å². The quantitative estimate of drug-likeness (QED) is 0.731. The van der Waals surface area contributed by atoms with E-state index in [0.717, 1.165) is 16.3 Å². The van der Waals surface area contributed by atoms with Gasteiger partial charge in [-0.2, -0.15) is 0 Å². The van der Waals surface area contributed by atoms with E-state index >= 15 is 0 Å². The molecule has 0 bridgehead atoms. The van der Waals surface area contributed by atoms with Crippen molar-refractivity contribution in [2.45, 2.75) is 32.5 Å². The van der Waals surface area contributed by atoms with Crippen molar-refractivity contribution in [1.29, 1.82) is 0 Å². The molecule has 1 atom stereocenters. The molecule has 2 aromatic carbocycles. The Balaban J connectivity index is 1.88. The first-order valence-corrected chi connectivity index (χ1v) is 8.79. The molecule has 0 radical (unpaired) electrons. The average Bonchev–Trinajstić information content (AvgIpc) is 2.61. The number of rotatable bonds is 9. The van der Waals surface area contributed by atoms with Gasteiger partial charge in [-0.15, -0.1) is 0 Å². The molecule has 2 rings (SSSR count). The third-order valence-electron chi connectivity index (χ3n) is 4.01. The molecule has 25 heavy (non-hydrogen) atoms. The highest BCUT2D eigenvalue weighted by Crippen LogP contribution is 2.19. The van der Waals surface area contributed by atoms with E-state index < -0.39 is 6.10 Å². The van der Waals surface area contributed by atoms with Crippen LogP contribution in [0.5, 0.6) is 11.5 Å². The van der Waals surface area contributed by atoms with Crippen LogP contribution in [0.25, 0.3) is 0 Å². The minimum atomic E-state index is -0.591. The molecule has 0 aliphatic heterocycles. The summed E-state index contributed by atoms with van der Waals surface area (Å²) >= 11 is 6.25. The van der Waals surface area contributed by atoms with E-state index in [1.54, 1.807) is 7.11 Å². The summed E-state index contributed by atoms with van der Waals surface area (Å²) in [5, 5.41) is 11.1. The van der Waals surface area contributed by atoms with Gasteiger partial charge in [0.25, 0.3) is 0 Å². The smallest absolute Gasteiger partial charge is 0.119 e. The highest BCUT2D eigenvalue weighted by Gasteiger charge is 2.17. The van der Waals surface area contributed by atoms with E-state index in [1.807, 2.05) is 48.5 Å². The molecular formula is C20H26ClNO3. The molecule has 2 aromatic rings. The van der Waals surface area contributed by atoms with Crippen LogP contribution < -0.4 is 9.47 Å². The summed E-state index contributed by atoms with van der Waals surface area (Å²) in [5.74, 6) is 1.49. The molecule has 0 saturated heterocycles. The molecule has 0 heterocycles. The Bertz CT molecular complexity index is 646. The second kappa shape index (κ2) is 9.66. The highest BCUT2D eigenvalue weighted by molar-refractivity contribution is 6.31. The topological polar surface area (TPSA) is 41.9 Å². The summed E-state index contributed by atoms with van der Waals surface area (Å²) in [4.78, 5) is 2.18. The lowest BCUT2D eigenvalue weighted by Gasteiger charge is -2.29. The average molecular weight is 364 g/mol. The monoisotopic (exact) mass is 363 g/mol. The fourth-order valence-corrected chi connectivity index (χ4v) is 2.69. The van der Waals surface area contributed by atoms with Gasteiger partial charge in [0.05, 0.1) is 7.11 Å². The first-order chi connectivity index (χ1) is 12.0. The fraction of sp³-hybridized carbons (Fsp3) is 0.400. The summed E-state index contributed by atoms with van der Waals surface area (Å²) in [5.41, 5.74) is 1.06. The molecule has 0 amide bonds. The summed E-state index contributed by atoms with van der Waals surface area (Å²) in [7, 11) is 1.62. The first kappa shape index (κ1) is 19.6. The van der Waals surface area contributed by atoms with Crippen molar-refractivity contribution in [2.24, 2.45) is 0 Å². The van der Waals surface area contributed by atoms with Gasteiger partial charge in [0, 0.05) is 24.2 Å². The standard InChI is InChI=1S/C20H26ClNO3/c1-15(2)22(12-16-6-4-5-7-20(16)21)13-17(23)14-25-19-10-8-18(24-3)9-11-19/h4-11,15,17,23H,12-14H2,1-3H3/t17-/m0/s1. The Hall–Kier alpha value is -1.75. The molecule has 136 valence electrons. The zero-order chi connectivity index (χ0) is 18.2. The van der Waals surface area contributed by atoms with E-state index in [2.05, 4.69) is 18.7 Å². The van der Waals surface area contributed by atoms with Crippen LogP contribution in [0, 0.1) is 0 Å². The number of hydrogen-bond donors (Lipinski definition) is 1. The van der Waals surface area contributed by atoms with Crippen molar-refractivity contribution in [3.63, 3.8) is 0 Å². The van der Waals surface area contributed by atoms with E-state index in [-0.39, 0.29) is 12.6 Å². The lowest BCUT2D eigenvalue weighted by atomic mass is 10.1. The van der Waals surface area contributed by atoms with Crippen LogP contribution in [0.2, 0.25) is 5.02 Å². The van der Waals surface area contributed by atoms with Gasteiger partial charge in [0.1, 0.15) is 24.2 Å². The van der Waals surface area contributed by atoms with Crippen molar-refractivity contribution >= 4 is 11.6 Å². The zero-order valence-electron chi connectivity index (χ0n) is 15.0. The number of aliphatic hydroxyl groups excluding tert-OH is 1. The van der Waals surface area contributed by atoms with E-state index in [9.17, 15) is 5.11 Å². The Kier molecular flexibility index (Phi) is 7.56. The molecule has 1 N–H and O–H groups in total. The number of ether oxygens (including phenoxy) is 2. The van der Waals surface area contributed by atoms with E-state index in [4.69, 9.17) is 21.1 Å². The number of methoxy groups -OCH3 is 1. The summed E-state index contributed by atoms with van der Waals surface area (Å²) < 4.78 is 10.8. The predicted octanol–water partition coefficient (Wildman–Crippen LogP) is 4.00. The second-order valence-corrected chi connectivity index (χ2v) is 6.66. The van der Waals surface area contributed by atoms with Crippen LogP contribution in [0.1, 0.15) is 19.4 Å². The van der Waals surface area contributed by atoms with Crippen LogP contribution in [0.4, 0.5) is 0 Å². The third-order valence-corrected chi connectivity index (χ3v) is 4.38. The maximum absolute atomic E-state index is 10.4. The molecular weight excluding hydrogens is 338 g/mol. The third kappa shape index (κ3) is 6.24. The maximum atomic E-state index is 10.4. The molecule has 4 nitrogen and oxygen atoms in total. The van der Waals surface area contributed by atoms with Crippen LogP contribution in [0.3, 0.4) is 0 Å². The van der Waals surface area contributed by atoms with Crippen molar-refractivity contribution in [3.05, 3.63) is 59.1 Å². The molecule has 0 spiro atoms. The fourth-order valence-electron chi connectivity index (χ4n) is 2.49. The van der Waals surface area contributed by atoms with E-state index in [0.29, 0.717) is 18.8 Å². The number of aliphatic hydroxyl groups is 1. The minimum absolute atomic E-state index is 0.234. The van der Waals surface area contributed by atoms with Crippen molar-refractivity contribution in [2.75, 3.05) is 20.3 Å². The first-order valence-electron chi connectivity index (χ1n) is 8.42. The Labute approximate surface area is 154 Å². The summed E-state index contributed by atoms with van der Waals surface area (Å²) in [6.45, 7) is 5.65. The molecule has 0 aliphatic rings. The molecule has 5 heteroatoms. The second-order valence-electron chi connectivity index (χ2n) is 6.25. The van der Waals surface area contributed by atoms with Crippen molar-refractivity contribution < 1.29 is 14.6 Å². The molecule has 0 unspecified atom stereocenters. The van der Waals surface area contributed by atoms with E-state index in [1.165, 1.54) is 0 Å². The zero-order valence-corrected chi connectivity index (χ0v) is 15.7. The molecule has 0 fully saturated rings. The number of hydrogen-bond acceptors (Lipinski definition) is 4. The number of halogens is 1. The number of benzene rings is 2. The lowest BCUT2D eigenvalue weighted by Crippen LogP contribution is -2.39. The van der Waals surface area contributed by atoms with Gasteiger partial charge in [-0.25, -0.2) is 0 Å². The molecule has 0 aromatic heterocycles. The molecule has 0 aliphatic carbocycles. The predicted molar refractivity (Wildman–Crippen MR) is 101 cm³/mol. The Morgan fingerprint density at radius 2 is 1.68 bits per heavy atom. The van der Waals surface area contributed by atoms with Gasteiger partial charge in [-0.3, -0.25) is 4.90 Å². The minimum Gasteiger partial charge on any atom is -0.497 e. The van der Waals surface area contributed by atoms with Crippen LogP contribution >= 0.6 is 11.6 Å². The van der Waals surface area contributed by atoms with Crippen LogP contribution in [-0.4, -0.2) is 42.4 Å². The van der Waals surface area contributed by atoms with Gasteiger partial charge >= 0.3 is 0 Å². The van der Waals surface area contributed by atoms with Gasteiger partial charge in [-0.05, 0) is 49.7 Å².